The van der Waals surface area contributed by atoms with Crippen LogP contribution in [0.3, 0.4) is 0 Å². The highest BCUT2D eigenvalue weighted by Crippen LogP contribution is 2.25. The largest absolute Gasteiger partial charge is 0.481 e. The second kappa shape index (κ2) is 5.74. The highest BCUT2D eigenvalue weighted by atomic mass is 32.2. The average molecular weight is 308 g/mol. The molecule has 2 rings (SSSR count). The van der Waals surface area contributed by atoms with Gasteiger partial charge in [-0.3, -0.25) is 4.79 Å². The molecule has 7 heteroatoms. The lowest BCUT2D eigenvalue weighted by Gasteiger charge is -2.36. The van der Waals surface area contributed by atoms with Crippen LogP contribution in [-0.2, 0) is 14.6 Å². The summed E-state index contributed by atoms with van der Waals surface area (Å²) in [5, 5.41) is 17.9. The zero-order valence-electron chi connectivity index (χ0n) is 11.6. The maximum atomic E-state index is 11.7. The molecular weight excluding hydrogens is 292 g/mol. The second-order valence-electron chi connectivity index (χ2n) is 5.17. The molecule has 0 spiro atoms. The van der Waals surface area contributed by atoms with Gasteiger partial charge >= 0.3 is 5.97 Å². The fraction of sp³-hybridized carbons (Fsp3) is 0.429. The Labute approximate surface area is 123 Å². The van der Waals surface area contributed by atoms with E-state index in [1.807, 2.05) is 4.90 Å². The number of aliphatic carboxylic acids is 1. The summed E-state index contributed by atoms with van der Waals surface area (Å²) in [5.41, 5.74) is 2.10. The third-order valence-corrected chi connectivity index (χ3v) is 5.30. The van der Waals surface area contributed by atoms with Gasteiger partial charge in [-0.15, -0.1) is 0 Å². The highest BCUT2D eigenvalue weighted by Gasteiger charge is 2.32. The van der Waals surface area contributed by atoms with E-state index in [9.17, 15) is 13.2 Å². The van der Waals surface area contributed by atoms with Crippen LogP contribution in [0.4, 0.5) is 5.69 Å². The van der Waals surface area contributed by atoms with Gasteiger partial charge in [-0.1, -0.05) is 0 Å². The van der Waals surface area contributed by atoms with Gasteiger partial charge in [0.1, 0.15) is 0 Å². The van der Waals surface area contributed by atoms with Crippen molar-refractivity contribution in [3.8, 4) is 6.07 Å². The number of hydrogen-bond donors (Lipinski definition) is 1. The number of nitrogens with zero attached hydrogens (tertiary/aromatic N) is 2. The summed E-state index contributed by atoms with van der Waals surface area (Å²) >= 11 is 0. The van der Waals surface area contributed by atoms with Crippen LogP contribution in [0.25, 0.3) is 0 Å². The topological polar surface area (TPSA) is 98.5 Å². The van der Waals surface area contributed by atoms with Crippen molar-refractivity contribution < 1.29 is 18.3 Å². The second-order valence-corrected chi connectivity index (χ2v) is 7.40. The Balaban J connectivity index is 2.34. The molecule has 21 heavy (non-hydrogen) atoms. The summed E-state index contributed by atoms with van der Waals surface area (Å²) in [5.74, 6) is -1.16. The summed E-state index contributed by atoms with van der Waals surface area (Å²) in [6, 6.07) is 6.70. The summed E-state index contributed by atoms with van der Waals surface area (Å²) in [6.07, 6.45) is -0.224. The molecule has 0 aliphatic carbocycles. The van der Waals surface area contributed by atoms with Gasteiger partial charge < -0.3 is 10.0 Å². The predicted molar refractivity (Wildman–Crippen MR) is 77.9 cm³/mol. The number of carbonyl (C=O) groups is 1. The fourth-order valence-electron chi connectivity index (χ4n) is 2.55. The lowest BCUT2D eigenvalue weighted by molar-refractivity contribution is -0.137. The van der Waals surface area contributed by atoms with Gasteiger partial charge in [-0.25, -0.2) is 8.42 Å². The Morgan fingerprint density at radius 2 is 2.24 bits per heavy atom. The molecule has 1 N–H and O–H groups in total. The first-order chi connectivity index (χ1) is 9.82. The summed E-state index contributed by atoms with van der Waals surface area (Å²) in [4.78, 5) is 12.8. The summed E-state index contributed by atoms with van der Waals surface area (Å²) in [7, 11) is -3.20. The van der Waals surface area contributed by atoms with Gasteiger partial charge in [-0.05, 0) is 30.7 Å². The van der Waals surface area contributed by atoms with Crippen LogP contribution >= 0.6 is 0 Å². The molecule has 112 valence electrons. The molecule has 1 heterocycles. The van der Waals surface area contributed by atoms with E-state index in [1.54, 1.807) is 25.1 Å². The summed E-state index contributed by atoms with van der Waals surface area (Å²) < 4.78 is 23.4. The number of hydrogen-bond acceptors (Lipinski definition) is 5. The van der Waals surface area contributed by atoms with Crippen LogP contribution in [0.5, 0.6) is 0 Å². The van der Waals surface area contributed by atoms with E-state index in [0.29, 0.717) is 5.56 Å². The van der Waals surface area contributed by atoms with Crippen molar-refractivity contribution in [2.75, 3.05) is 23.0 Å². The van der Waals surface area contributed by atoms with Crippen LogP contribution < -0.4 is 4.90 Å². The number of nitriles is 1. The molecule has 6 nitrogen and oxygen atoms in total. The molecule has 0 amide bonds. The molecule has 0 radical (unpaired) electrons. The first-order valence-electron chi connectivity index (χ1n) is 6.52. The first kappa shape index (κ1) is 15.3. The van der Waals surface area contributed by atoms with E-state index in [2.05, 4.69) is 6.07 Å². The smallest absolute Gasteiger partial charge is 0.305 e. The molecule has 1 saturated heterocycles. The maximum absolute atomic E-state index is 11.7. The van der Waals surface area contributed by atoms with Gasteiger partial charge in [-0.2, -0.15) is 5.26 Å². The van der Waals surface area contributed by atoms with Crippen LogP contribution in [-0.4, -0.2) is 43.6 Å². The van der Waals surface area contributed by atoms with E-state index >= 15 is 0 Å². The molecule has 1 unspecified atom stereocenters. The summed E-state index contributed by atoms with van der Waals surface area (Å²) in [6.45, 7) is 2.07. The number of carboxylic acid groups (broad SMARTS) is 1. The molecule has 0 saturated carbocycles. The highest BCUT2D eigenvalue weighted by molar-refractivity contribution is 7.91. The molecule has 1 aliphatic rings. The first-order valence-corrected chi connectivity index (χ1v) is 8.34. The molecular formula is C14H16N2O4S. The number of benzene rings is 1. The van der Waals surface area contributed by atoms with E-state index in [-0.39, 0.29) is 24.5 Å². The Morgan fingerprint density at radius 1 is 1.52 bits per heavy atom. The van der Waals surface area contributed by atoms with Gasteiger partial charge in [0.25, 0.3) is 0 Å². The number of sulfone groups is 1. The molecule has 1 aliphatic heterocycles. The van der Waals surface area contributed by atoms with Crippen molar-refractivity contribution in [1.29, 1.82) is 5.26 Å². The minimum Gasteiger partial charge on any atom is -0.481 e. The third kappa shape index (κ3) is 3.52. The van der Waals surface area contributed by atoms with Crippen molar-refractivity contribution in [3.63, 3.8) is 0 Å². The van der Waals surface area contributed by atoms with E-state index in [0.717, 1.165) is 11.3 Å². The number of aryl methyl sites for hydroxylation is 1. The van der Waals surface area contributed by atoms with Gasteiger partial charge in [0.2, 0.25) is 0 Å². The van der Waals surface area contributed by atoms with Crippen molar-refractivity contribution in [2.24, 2.45) is 0 Å². The standard InChI is InChI=1S/C14H16N2O4S/c1-10-6-12(3-2-11(10)8-15)16-4-5-21(19,20)9-13(16)7-14(17)18/h2-3,6,13H,4-5,7,9H2,1H3,(H,17,18). The zero-order valence-corrected chi connectivity index (χ0v) is 12.4. The minimum atomic E-state index is -3.20. The Morgan fingerprint density at radius 3 is 2.81 bits per heavy atom. The predicted octanol–water partition coefficient (Wildman–Crippen LogP) is 0.945. The quantitative estimate of drug-likeness (QED) is 0.892. The molecule has 0 aromatic heterocycles. The third-order valence-electron chi connectivity index (χ3n) is 3.60. The lowest BCUT2D eigenvalue weighted by Crippen LogP contribution is -2.49. The monoisotopic (exact) mass is 308 g/mol. The molecule has 1 aromatic carbocycles. The van der Waals surface area contributed by atoms with Crippen molar-refractivity contribution >= 4 is 21.5 Å². The van der Waals surface area contributed by atoms with E-state index in [1.165, 1.54) is 0 Å². The fourth-order valence-corrected chi connectivity index (χ4v) is 4.07. The van der Waals surface area contributed by atoms with E-state index in [4.69, 9.17) is 10.4 Å². The minimum absolute atomic E-state index is 0.0160. The Hall–Kier alpha value is -2.07. The molecule has 1 atom stereocenters. The lowest BCUT2D eigenvalue weighted by atomic mass is 10.1. The van der Waals surface area contributed by atoms with Crippen molar-refractivity contribution in [2.45, 2.75) is 19.4 Å². The Bertz CT molecular complexity index is 706. The molecule has 1 fully saturated rings. The maximum Gasteiger partial charge on any atom is 0.305 e. The zero-order chi connectivity index (χ0) is 15.6. The average Bonchev–Trinajstić information content (AvgIpc) is 2.37. The van der Waals surface area contributed by atoms with Crippen molar-refractivity contribution in [3.05, 3.63) is 29.3 Å². The normalized spacial score (nSPS) is 20.8. The molecule has 0 bridgehead atoms. The van der Waals surface area contributed by atoms with Crippen LogP contribution in [0.15, 0.2) is 18.2 Å². The van der Waals surface area contributed by atoms with Gasteiger partial charge in [0.15, 0.2) is 9.84 Å². The SMILES string of the molecule is Cc1cc(N2CCS(=O)(=O)CC2CC(=O)O)ccc1C#N. The molecule has 1 aromatic rings. The van der Waals surface area contributed by atoms with E-state index < -0.39 is 21.8 Å². The number of carboxylic acids is 1. The van der Waals surface area contributed by atoms with Gasteiger partial charge in [0, 0.05) is 12.2 Å². The van der Waals surface area contributed by atoms with Gasteiger partial charge in [0.05, 0.1) is 35.6 Å². The number of rotatable bonds is 3. The number of anilines is 1. The van der Waals surface area contributed by atoms with Crippen LogP contribution in [0.2, 0.25) is 0 Å². The van der Waals surface area contributed by atoms with Crippen molar-refractivity contribution in [1.82, 2.24) is 0 Å². The Kier molecular flexibility index (Phi) is 4.19. The van der Waals surface area contributed by atoms with Crippen LogP contribution in [0, 0.1) is 18.3 Å². The van der Waals surface area contributed by atoms with Crippen LogP contribution in [0.1, 0.15) is 17.5 Å².